The summed E-state index contributed by atoms with van der Waals surface area (Å²) in [5.74, 6) is -1.73. The summed E-state index contributed by atoms with van der Waals surface area (Å²) in [6, 6.07) is 6.03. The van der Waals surface area contributed by atoms with Crippen LogP contribution in [0.25, 0.3) is 0 Å². The van der Waals surface area contributed by atoms with E-state index in [0.717, 1.165) is 21.3 Å². The van der Waals surface area contributed by atoms with Gasteiger partial charge in [0, 0.05) is 18.0 Å². The molecule has 1 aromatic heterocycles. The third kappa shape index (κ3) is 3.05. The van der Waals surface area contributed by atoms with E-state index >= 15 is 0 Å². The van der Waals surface area contributed by atoms with Crippen molar-refractivity contribution in [2.24, 2.45) is 0 Å². The van der Waals surface area contributed by atoms with Crippen molar-refractivity contribution >= 4 is 21.4 Å². The molecule has 0 spiro atoms. The first-order chi connectivity index (χ1) is 9.45. The van der Waals surface area contributed by atoms with Crippen molar-refractivity contribution in [1.29, 1.82) is 0 Å². The molecular formula is C13H13F2NO2S2. The van der Waals surface area contributed by atoms with Gasteiger partial charge in [-0.05, 0) is 29.6 Å². The molecule has 0 aliphatic heterocycles. The lowest BCUT2D eigenvalue weighted by Gasteiger charge is -2.20. The zero-order valence-corrected chi connectivity index (χ0v) is 12.3. The number of hydrogen-bond donors (Lipinski definition) is 0. The second-order valence-electron chi connectivity index (χ2n) is 4.09. The Hall–Kier alpha value is -1.31. The number of halogens is 2. The molecule has 0 unspecified atom stereocenters. The van der Waals surface area contributed by atoms with Crippen molar-refractivity contribution in [3.8, 4) is 0 Å². The first-order valence-electron chi connectivity index (χ1n) is 5.92. The van der Waals surface area contributed by atoms with Crippen molar-refractivity contribution in [2.45, 2.75) is 18.4 Å². The second-order valence-corrected chi connectivity index (χ2v) is 7.02. The van der Waals surface area contributed by atoms with Crippen LogP contribution in [0.1, 0.15) is 11.8 Å². The molecule has 3 nitrogen and oxygen atoms in total. The molecule has 0 aliphatic carbocycles. The van der Waals surface area contributed by atoms with Gasteiger partial charge in [-0.2, -0.15) is 4.31 Å². The Morgan fingerprint density at radius 1 is 1.25 bits per heavy atom. The van der Waals surface area contributed by atoms with Crippen LogP contribution in [0.5, 0.6) is 0 Å². The van der Waals surface area contributed by atoms with Crippen LogP contribution in [0.4, 0.5) is 8.78 Å². The molecule has 108 valence electrons. The van der Waals surface area contributed by atoms with E-state index in [2.05, 4.69) is 0 Å². The highest BCUT2D eigenvalue weighted by Gasteiger charge is 2.27. The molecule has 0 saturated heterocycles. The Kier molecular flexibility index (Phi) is 4.52. The summed E-state index contributed by atoms with van der Waals surface area (Å²) in [6.45, 7) is 1.98. The first kappa shape index (κ1) is 15.1. The van der Waals surface area contributed by atoms with Crippen LogP contribution in [-0.4, -0.2) is 19.3 Å². The molecule has 2 aromatic rings. The van der Waals surface area contributed by atoms with E-state index in [1.165, 1.54) is 11.3 Å². The average molecular weight is 317 g/mol. The lowest BCUT2D eigenvalue weighted by atomic mass is 10.3. The maximum Gasteiger partial charge on any atom is 0.246 e. The highest BCUT2D eigenvalue weighted by molar-refractivity contribution is 7.89. The molecule has 1 aromatic carbocycles. The van der Waals surface area contributed by atoms with Crippen molar-refractivity contribution in [2.75, 3.05) is 6.54 Å². The van der Waals surface area contributed by atoms with E-state index in [1.807, 2.05) is 11.4 Å². The molecule has 7 heteroatoms. The first-order valence-corrected chi connectivity index (χ1v) is 8.24. The Balaban J connectivity index is 2.38. The lowest BCUT2D eigenvalue weighted by Crippen LogP contribution is -2.30. The number of sulfonamides is 1. The van der Waals surface area contributed by atoms with E-state index < -0.39 is 26.6 Å². The second kappa shape index (κ2) is 5.99. The summed E-state index contributed by atoms with van der Waals surface area (Å²) in [4.78, 5) is 0.211. The fourth-order valence-electron chi connectivity index (χ4n) is 1.76. The zero-order valence-electron chi connectivity index (χ0n) is 10.7. The molecule has 0 fully saturated rings. The van der Waals surface area contributed by atoms with Gasteiger partial charge < -0.3 is 0 Å². The van der Waals surface area contributed by atoms with Gasteiger partial charge in [0.25, 0.3) is 0 Å². The van der Waals surface area contributed by atoms with Crippen molar-refractivity contribution < 1.29 is 17.2 Å². The van der Waals surface area contributed by atoms with E-state index in [-0.39, 0.29) is 13.1 Å². The smallest absolute Gasteiger partial charge is 0.207 e. The van der Waals surface area contributed by atoms with Crippen LogP contribution >= 0.6 is 11.3 Å². The van der Waals surface area contributed by atoms with Crippen molar-refractivity contribution in [3.05, 3.63) is 52.2 Å². The highest BCUT2D eigenvalue weighted by atomic mass is 32.2. The Morgan fingerprint density at radius 2 is 2.00 bits per heavy atom. The quantitative estimate of drug-likeness (QED) is 0.849. The van der Waals surface area contributed by atoms with Crippen LogP contribution in [0.15, 0.2) is 40.6 Å². The van der Waals surface area contributed by atoms with Crippen LogP contribution in [0, 0.1) is 11.6 Å². The number of hydrogen-bond acceptors (Lipinski definition) is 3. The minimum absolute atomic E-state index is 0.145. The zero-order chi connectivity index (χ0) is 14.8. The molecule has 0 N–H and O–H groups in total. The van der Waals surface area contributed by atoms with E-state index in [4.69, 9.17) is 0 Å². The molecule has 1 heterocycles. The van der Waals surface area contributed by atoms with Gasteiger partial charge in [-0.1, -0.05) is 13.0 Å². The molecule has 0 radical (unpaired) electrons. The largest absolute Gasteiger partial charge is 0.246 e. The third-order valence-electron chi connectivity index (χ3n) is 2.78. The molecule has 2 rings (SSSR count). The van der Waals surface area contributed by atoms with Gasteiger partial charge in [-0.25, -0.2) is 17.2 Å². The maximum absolute atomic E-state index is 13.7. The molecule has 0 bridgehead atoms. The van der Waals surface area contributed by atoms with Crippen LogP contribution in [-0.2, 0) is 16.6 Å². The van der Waals surface area contributed by atoms with Gasteiger partial charge in [-0.15, -0.1) is 11.3 Å². The standard InChI is InChI=1S/C13H13F2NO2S2/c1-2-16(9-11-4-3-7-19-11)20(17,18)13-8-10(14)5-6-12(13)15/h3-8H,2,9H2,1H3. The number of thiophene rings is 1. The van der Waals surface area contributed by atoms with E-state index in [1.54, 1.807) is 13.0 Å². The lowest BCUT2D eigenvalue weighted by molar-refractivity contribution is 0.421. The summed E-state index contributed by atoms with van der Waals surface area (Å²) >= 11 is 1.41. The monoisotopic (exact) mass is 317 g/mol. The van der Waals surface area contributed by atoms with E-state index in [0.29, 0.717) is 6.07 Å². The van der Waals surface area contributed by atoms with Crippen LogP contribution < -0.4 is 0 Å². The summed E-state index contributed by atoms with van der Waals surface area (Å²) in [5.41, 5.74) is 0. The summed E-state index contributed by atoms with van der Waals surface area (Å²) in [5, 5.41) is 1.83. The average Bonchev–Trinajstić information content (AvgIpc) is 2.91. The fraction of sp³-hybridized carbons (Fsp3) is 0.231. The summed E-state index contributed by atoms with van der Waals surface area (Å²) < 4.78 is 52.7. The van der Waals surface area contributed by atoms with Gasteiger partial charge in [-0.3, -0.25) is 0 Å². The minimum Gasteiger partial charge on any atom is -0.207 e. The van der Waals surface area contributed by atoms with Gasteiger partial charge >= 0.3 is 0 Å². The van der Waals surface area contributed by atoms with Crippen LogP contribution in [0.2, 0.25) is 0 Å². The normalized spacial score (nSPS) is 12.0. The van der Waals surface area contributed by atoms with Gasteiger partial charge in [0.1, 0.15) is 16.5 Å². The predicted octanol–water partition coefficient (Wildman–Crippen LogP) is 3.24. The summed E-state index contributed by atoms with van der Waals surface area (Å²) in [6.07, 6.45) is 0. The highest BCUT2D eigenvalue weighted by Crippen LogP contribution is 2.23. The molecule has 0 aliphatic rings. The fourth-order valence-corrected chi connectivity index (χ4v) is 4.06. The molecular weight excluding hydrogens is 304 g/mol. The Bertz CT molecular complexity index is 684. The SMILES string of the molecule is CCN(Cc1cccs1)S(=O)(=O)c1cc(F)ccc1F. The number of rotatable bonds is 5. The van der Waals surface area contributed by atoms with Crippen LogP contribution in [0.3, 0.4) is 0 Å². The third-order valence-corrected chi connectivity index (χ3v) is 5.57. The van der Waals surface area contributed by atoms with Gasteiger partial charge in [0.05, 0.1) is 0 Å². The van der Waals surface area contributed by atoms with Crippen molar-refractivity contribution in [3.63, 3.8) is 0 Å². The maximum atomic E-state index is 13.7. The van der Waals surface area contributed by atoms with E-state index in [9.17, 15) is 17.2 Å². The minimum atomic E-state index is -4.06. The van der Waals surface area contributed by atoms with Gasteiger partial charge in [0.2, 0.25) is 10.0 Å². The molecule has 0 amide bonds. The topological polar surface area (TPSA) is 37.4 Å². The molecule has 0 saturated carbocycles. The molecule has 0 atom stereocenters. The number of benzene rings is 1. The Labute approximate surface area is 120 Å². The van der Waals surface area contributed by atoms with Crippen molar-refractivity contribution in [1.82, 2.24) is 4.31 Å². The summed E-state index contributed by atoms with van der Waals surface area (Å²) in [7, 11) is -4.06. The molecule has 20 heavy (non-hydrogen) atoms. The van der Waals surface area contributed by atoms with Gasteiger partial charge in [0.15, 0.2) is 0 Å². The predicted molar refractivity (Wildman–Crippen MR) is 73.9 cm³/mol. The number of nitrogens with zero attached hydrogens (tertiary/aromatic N) is 1. The Morgan fingerprint density at radius 3 is 2.60 bits per heavy atom.